The largest absolute Gasteiger partial charge is 0.494 e. The van der Waals surface area contributed by atoms with E-state index in [2.05, 4.69) is 35.0 Å². The summed E-state index contributed by atoms with van der Waals surface area (Å²) in [5.74, 6) is 1.27. The maximum Gasteiger partial charge on any atom is 0.251 e. The molecule has 4 rings (SSSR count). The zero-order valence-corrected chi connectivity index (χ0v) is 19.5. The molecule has 0 atom stereocenters. The molecule has 0 spiro atoms. The fraction of sp³-hybridized carbons (Fsp3) is 0.286. The summed E-state index contributed by atoms with van der Waals surface area (Å²) in [5.41, 5.74) is 3.80. The highest BCUT2D eigenvalue weighted by Gasteiger charge is 2.11. The number of rotatable bonds is 11. The number of unbranched alkanes of at least 4 members (excludes halogenated alkanes) is 1. The van der Waals surface area contributed by atoms with Crippen molar-refractivity contribution in [1.82, 2.24) is 14.9 Å². The molecule has 0 bridgehead atoms. The molecule has 176 valence electrons. The topological polar surface area (TPSA) is 56.1 Å². The first kappa shape index (κ1) is 23.5. The minimum atomic E-state index is -0.356. The molecule has 1 N–H and O–H groups in total. The van der Waals surface area contributed by atoms with E-state index in [9.17, 15) is 9.18 Å². The van der Waals surface area contributed by atoms with Crippen LogP contribution in [0.2, 0.25) is 0 Å². The highest BCUT2D eigenvalue weighted by Crippen LogP contribution is 2.18. The quantitative estimate of drug-likeness (QED) is 0.298. The molecule has 0 aliphatic rings. The Kier molecular flexibility index (Phi) is 7.91. The second kappa shape index (κ2) is 11.5. The fourth-order valence-electron chi connectivity index (χ4n) is 3.94. The molecule has 0 saturated heterocycles. The molecule has 4 aromatic rings. The predicted octanol–water partition coefficient (Wildman–Crippen LogP) is 5.57. The second-order valence-corrected chi connectivity index (χ2v) is 8.23. The third-order valence-corrected chi connectivity index (χ3v) is 5.85. The number of nitrogens with one attached hydrogen (secondary N) is 1. The lowest BCUT2D eigenvalue weighted by Gasteiger charge is -2.11. The van der Waals surface area contributed by atoms with E-state index in [4.69, 9.17) is 9.72 Å². The summed E-state index contributed by atoms with van der Waals surface area (Å²) in [6.07, 6.45) is 3.53. The maximum absolute atomic E-state index is 13.1. The van der Waals surface area contributed by atoms with Crippen molar-refractivity contribution in [1.29, 1.82) is 0 Å². The van der Waals surface area contributed by atoms with Crippen molar-refractivity contribution >= 4 is 16.9 Å². The van der Waals surface area contributed by atoms with Crippen molar-refractivity contribution < 1.29 is 13.9 Å². The number of hydrogen-bond acceptors (Lipinski definition) is 3. The minimum Gasteiger partial charge on any atom is -0.494 e. The van der Waals surface area contributed by atoms with Crippen LogP contribution < -0.4 is 10.1 Å². The van der Waals surface area contributed by atoms with Gasteiger partial charge in [0.15, 0.2) is 0 Å². The molecule has 1 amide bonds. The SMILES string of the molecule is CCc1ccc(OCCCCn2c(CCNC(=O)c3ccc(F)cc3)nc3ccccc32)cc1. The van der Waals surface area contributed by atoms with Crippen LogP contribution in [-0.4, -0.2) is 28.6 Å². The van der Waals surface area contributed by atoms with Crippen molar-refractivity contribution in [3.8, 4) is 5.75 Å². The summed E-state index contributed by atoms with van der Waals surface area (Å²) < 4.78 is 21.2. The Morgan fingerprint density at radius 2 is 1.76 bits per heavy atom. The number of aromatic nitrogens is 2. The molecular formula is C28H30FN3O2. The van der Waals surface area contributed by atoms with Gasteiger partial charge in [0.25, 0.3) is 5.91 Å². The van der Waals surface area contributed by atoms with E-state index in [1.807, 2.05) is 30.3 Å². The summed E-state index contributed by atoms with van der Waals surface area (Å²) in [5, 5.41) is 2.91. The Bertz CT molecular complexity index is 1220. The number of fused-ring (bicyclic) bond motifs is 1. The van der Waals surface area contributed by atoms with Gasteiger partial charge in [-0.15, -0.1) is 0 Å². The van der Waals surface area contributed by atoms with E-state index in [0.717, 1.165) is 48.4 Å². The molecule has 0 unspecified atom stereocenters. The lowest BCUT2D eigenvalue weighted by Crippen LogP contribution is -2.26. The molecule has 0 saturated carbocycles. The van der Waals surface area contributed by atoms with E-state index in [-0.39, 0.29) is 11.7 Å². The first-order chi connectivity index (χ1) is 16.6. The van der Waals surface area contributed by atoms with Crippen molar-refractivity contribution in [3.63, 3.8) is 0 Å². The number of benzene rings is 3. The zero-order chi connectivity index (χ0) is 23.8. The van der Waals surface area contributed by atoms with Crippen molar-refractivity contribution in [3.05, 3.63) is 95.6 Å². The van der Waals surface area contributed by atoms with Crippen molar-refractivity contribution in [2.45, 2.75) is 39.2 Å². The Hall–Kier alpha value is -3.67. The van der Waals surface area contributed by atoms with Crippen molar-refractivity contribution in [2.75, 3.05) is 13.2 Å². The van der Waals surface area contributed by atoms with Gasteiger partial charge in [-0.05, 0) is 73.4 Å². The standard InChI is InChI=1S/C28H30FN3O2/c1-2-21-9-15-24(16-10-21)34-20-6-5-19-32-26-8-4-3-7-25(26)31-27(32)17-18-30-28(33)22-11-13-23(29)14-12-22/h3-4,7-16H,2,5-6,17-20H2,1H3,(H,30,33). The summed E-state index contributed by atoms with van der Waals surface area (Å²) in [4.78, 5) is 17.1. The number of ether oxygens (including phenoxy) is 1. The first-order valence-electron chi connectivity index (χ1n) is 11.8. The van der Waals surface area contributed by atoms with Crippen molar-refractivity contribution in [2.24, 2.45) is 0 Å². The molecular weight excluding hydrogens is 429 g/mol. The van der Waals surface area contributed by atoms with Crippen LogP contribution in [-0.2, 0) is 19.4 Å². The molecule has 1 heterocycles. The third-order valence-electron chi connectivity index (χ3n) is 5.85. The van der Waals surface area contributed by atoms with Crippen LogP contribution in [0.5, 0.6) is 5.75 Å². The highest BCUT2D eigenvalue weighted by molar-refractivity contribution is 5.94. The van der Waals surface area contributed by atoms with E-state index < -0.39 is 0 Å². The normalized spacial score (nSPS) is 11.0. The smallest absolute Gasteiger partial charge is 0.251 e. The van der Waals surface area contributed by atoms with Crippen LogP contribution in [0.4, 0.5) is 4.39 Å². The fourth-order valence-corrected chi connectivity index (χ4v) is 3.94. The Labute approximate surface area is 199 Å². The van der Waals surface area contributed by atoms with Gasteiger partial charge in [0.05, 0.1) is 17.6 Å². The molecule has 3 aromatic carbocycles. The van der Waals surface area contributed by atoms with Crippen LogP contribution in [0.15, 0.2) is 72.8 Å². The zero-order valence-electron chi connectivity index (χ0n) is 19.5. The molecule has 1 aromatic heterocycles. The maximum atomic E-state index is 13.1. The lowest BCUT2D eigenvalue weighted by atomic mass is 10.2. The molecule has 5 nitrogen and oxygen atoms in total. The molecule has 0 fully saturated rings. The van der Waals surface area contributed by atoms with Gasteiger partial charge in [-0.2, -0.15) is 0 Å². The highest BCUT2D eigenvalue weighted by atomic mass is 19.1. The Morgan fingerprint density at radius 1 is 1.00 bits per heavy atom. The summed E-state index contributed by atoms with van der Waals surface area (Å²) in [6, 6.07) is 21.9. The van der Waals surface area contributed by atoms with Crippen LogP contribution >= 0.6 is 0 Å². The second-order valence-electron chi connectivity index (χ2n) is 8.23. The van der Waals surface area contributed by atoms with Gasteiger partial charge in [-0.1, -0.05) is 31.2 Å². The number of imidazole rings is 1. The summed E-state index contributed by atoms with van der Waals surface area (Å²) in [6.45, 7) is 4.10. The van der Waals surface area contributed by atoms with Crippen LogP contribution in [0.3, 0.4) is 0 Å². The summed E-state index contributed by atoms with van der Waals surface area (Å²) in [7, 11) is 0. The average molecular weight is 460 g/mol. The van der Waals surface area contributed by atoms with E-state index in [1.165, 1.54) is 29.8 Å². The number of halogens is 1. The molecule has 0 aliphatic heterocycles. The van der Waals surface area contributed by atoms with E-state index in [0.29, 0.717) is 25.1 Å². The number of nitrogens with zero attached hydrogens (tertiary/aromatic N) is 2. The third kappa shape index (κ3) is 6.01. The van der Waals surface area contributed by atoms with E-state index >= 15 is 0 Å². The average Bonchev–Trinajstić information content (AvgIpc) is 3.22. The number of aryl methyl sites for hydroxylation is 2. The minimum absolute atomic E-state index is 0.216. The van der Waals surface area contributed by atoms with Gasteiger partial charge >= 0.3 is 0 Å². The Morgan fingerprint density at radius 3 is 2.53 bits per heavy atom. The number of carbonyl (C=O) groups excluding carboxylic acids is 1. The van der Waals surface area contributed by atoms with Gasteiger partial charge in [0.1, 0.15) is 17.4 Å². The predicted molar refractivity (Wildman–Crippen MR) is 133 cm³/mol. The number of hydrogen-bond donors (Lipinski definition) is 1. The van der Waals surface area contributed by atoms with Gasteiger partial charge in [-0.25, -0.2) is 9.37 Å². The number of amides is 1. The monoisotopic (exact) mass is 459 g/mol. The van der Waals surface area contributed by atoms with Crippen LogP contribution in [0, 0.1) is 5.82 Å². The molecule has 6 heteroatoms. The van der Waals surface area contributed by atoms with Gasteiger partial charge < -0.3 is 14.6 Å². The van der Waals surface area contributed by atoms with Gasteiger partial charge in [0, 0.05) is 25.1 Å². The lowest BCUT2D eigenvalue weighted by molar-refractivity contribution is 0.0954. The van der Waals surface area contributed by atoms with Crippen LogP contribution in [0.1, 0.15) is 41.5 Å². The Balaban J connectivity index is 1.31. The number of para-hydroxylation sites is 2. The van der Waals surface area contributed by atoms with Crippen LogP contribution in [0.25, 0.3) is 11.0 Å². The van der Waals surface area contributed by atoms with Gasteiger partial charge in [-0.3, -0.25) is 4.79 Å². The number of carbonyl (C=O) groups is 1. The molecule has 34 heavy (non-hydrogen) atoms. The summed E-state index contributed by atoms with van der Waals surface area (Å²) >= 11 is 0. The first-order valence-corrected chi connectivity index (χ1v) is 11.8. The molecule has 0 aliphatic carbocycles. The van der Waals surface area contributed by atoms with E-state index in [1.54, 1.807) is 0 Å². The van der Waals surface area contributed by atoms with Gasteiger partial charge in [0.2, 0.25) is 0 Å². The molecule has 0 radical (unpaired) electrons.